The van der Waals surface area contributed by atoms with E-state index in [1.807, 2.05) is 30.3 Å². The largest absolute Gasteiger partial charge is 0.381 e. The van der Waals surface area contributed by atoms with Gasteiger partial charge in [0.05, 0.1) is 24.0 Å². The molecule has 124 valence electrons. The third-order valence-electron chi connectivity index (χ3n) is 4.10. The van der Waals surface area contributed by atoms with Gasteiger partial charge in [-0.15, -0.1) is 0 Å². The molecule has 0 unspecified atom stereocenters. The number of ether oxygens (including phenoxy) is 1. The van der Waals surface area contributed by atoms with Gasteiger partial charge < -0.3 is 9.64 Å². The summed E-state index contributed by atoms with van der Waals surface area (Å²) in [6, 6.07) is 15.7. The second-order valence-electron chi connectivity index (χ2n) is 5.74. The van der Waals surface area contributed by atoms with Crippen molar-refractivity contribution < 1.29 is 14.5 Å². The Morgan fingerprint density at radius 3 is 2.46 bits per heavy atom. The lowest BCUT2D eigenvalue weighted by Crippen LogP contribution is -2.36. The number of amides is 1. The Balaban J connectivity index is 1.84. The zero-order valence-corrected chi connectivity index (χ0v) is 13.1. The molecule has 3 rings (SSSR count). The number of nitrogens with zero attached hydrogens (tertiary/aromatic N) is 2. The molecule has 0 radical (unpaired) electrons. The van der Waals surface area contributed by atoms with Crippen molar-refractivity contribution in [2.75, 3.05) is 18.1 Å². The van der Waals surface area contributed by atoms with Crippen LogP contribution in [0.1, 0.15) is 12.0 Å². The average Bonchev–Trinajstić information content (AvgIpc) is 3.15. The number of para-hydroxylation sites is 1. The zero-order valence-electron chi connectivity index (χ0n) is 13.1. The van der Waals surface area contributed by atoms with Crippen molar-refractivity contribution >= 4 is 17.3 Å². The summed E-state index contributed by atoms with van der Waals surface area (Å²) < 4.78 is 5.33. The van der Waals surface area contributed by atoms with Crippen LogP contribution in [0.15, 0.2) is 54.6 Å². The van der Waals surface area contributed by atoms with Crippen molar-refractivity contribution in [2.45, 2.75) is 13.0 Å². The molecule has 0 bridgehead atoms. The van der Waals surface area contributed by atoms with E-state index in [4.69, 9.17) is 4.74 Å². The maximum atomic E-state index is 12.9. The van der Waals surface area contributed by atoms with Crippen LogP contribution in [0.3, 0.4) is 0 Å². The molecule has 1 atom stereocenters. The van der Waals surface area contributed by atoms with Gasteiger partial charge in [0.1, 0.15) is 0 Å². The molecule has 0 aromatic heterocycles. The van der Waals surface area contributed by atoms with Crippen molar-refractivity contribution in [1.82, 2.24) is 0 Å². The first kappa shape index (κ1) is 16.1. The summed E-state index contributed by atoms with van der Waals surface area (Å²) in [5.41, 5.74) is 1.70. The summed E-state index contributed by atoms with van der Waals surface area (Å²) in [7, 11) is 0. The first-order chi connectivity index (χ1) is 11.6. The molecule has 2 aromatic carbocycles. The predicted octanol–water partition coefficient (Wildman–Crippen LogP) is 3.16. The van der Waals surface area contributed by atoms with E-state index in [-0.39, 0.29) is 17.5 Å². The quantitative estimate of drug-likeness (QED) is 0.625. The third-order valence-corrected chi connectivity index (χ3v) is 4.10. The van der Waals surface area contributed by atoms with Crippen LogP contribution in [-0.2, 0) is 16.1 Å². The molecule has 24 heavy (non-hydrogen) atoms. The Labute approximate surface area is 139 Å². The van der Waals surface area contributed by atoms with Gasteiger partial charge >= 0.3 is 0 Å². The van der Waals surface area contributed by atoms with Gasteiger partial charge in [-0.1, -0.05) is 30.3 Å². The SMILES string of the molecule is O=C([C@H]1CCOC1)N(Cc1ccc([N+](=O)[O-])cc1)c1ccccc1. The van der Waals surface area contributed by atoms with Gasteiger partial charge in [-0.2, -0.15) is 0 Å². The van der Waals surface area contributed by atoms with Crippen LogP contribution >= 0.6 is 0 Å². The number of benzene rings is 2. The van der Waals surface area contributed by atoms with Crippen LogP contribution in [-0.4, -0.2) is 24.0 Å². The van der Waals surface area contributed by atoms with Crippen LogP contribution in [0.4, 0.5) is 11.4 Å². The van der Waals surface area contributed by atoms with Crippen molar-refractivity contribution in [3.8, 4) is 0 Å². The predicted molar refractivity (Wildman–Crippen MR) is 89.7 cm³/mol. The average molecular weight is 326 g/mol. The van der Waals surface area contributed by atoms with E-state index in [1.165, 1.54) is 12.1 Å². The van der Waals surface area contributed by atoms with E-state index in [2.05, 4.69) is 0 Å². The number of nitro benzene ring substituents is 1. The molecule has 6 heteroatoms. The minimum atomic E-state index is -0.431. The molecular formula is C18H18N2O4. The van der Waals surface area contributed by atoms with Gasteiger partial charge in [0.15, 0.2) is 0 Å². The van der Waals surface area contributed by atoms with Gasteiger partial charge in [0.2, 0.25) is 5.91 Å². The van der Waals surface area contributed by atoms with Crippen molar-refractivity contribution in [2.24, 2.45) is 5.92 Å². The van der Waals surface area contributed by atoms with Gasteiger partial charge in [-0.25, -0.2) is 0 Å². The fourth-order valence-electron chi connectivity index (χ4n) is 2.76. The van der Waals surface area contributed by atoms with Crippen LogP contribution in [0.5, 0.6) is 0 Å². The Hall–Kier alpha value is -2.73. The molecule has 2 aromatic rings. The van der Waals surface area contributed by atoms with Crippen LogP contribution in [0.25, 0.3) is 0 Å². The van der Waals surface area contributed by atoms with E-state index in [0.717, 1.165) is 17.7 Å². The number of nitro groups is 1. The lowest BCUT2D eigenvalue weighted by Gasteiger charge is -2.25. The normalized spacial score (nSPS) is 16.8. The first-order valence-electron chi connectivity index (χ1n) is 7.82. The second-order valence-corrected chi connectivity index (χ2v) is 5.74. The molecule has 1 amide bonds. The molecule has 1 heterocycles. The molecule has 0 aliphatic carbocycles. The van der Waals surface area contributed by atoms with Crippen molar-refractivity contribution in [1.29, 1.82) is 0 Å². The summed E-state index contributed by atoms with van der Waals surface area (Å²) >= 11 is 0. The number of non-ortho nitro benzene ring substituents is 1. The summed E-state index contributed by atoms with van der Waals surface area (Å²) in [5.74, 6) is -0.111. The topological polar surface area (TPSA) is 72.7 Å². The summed E-state index contributed by atoms with van der Waals surface area (Å²) in [4.78, 5) is 24.9. The maximum Gasteiger partial charge on any atom is 0.269 e. The number of hydrogen-bond donors (Lipinski definition) is 0. The molecular weight excluding hydrogens is 308 g/mol. The Morgan fingerprint density at radius 1 is 1.17 bits per heavy atom. The molecule has 0 saturated carbocycles. The highest BCUT2D eigenvalue weighted by Gasteiger charge is 2.29. The van der Waals surface area contributed by atoms with Crippen LogP contribution in [0.2, 0.25) is 0 Å². The summed E-state index contributed by atoms with van der Waals surface area (Å²) in [5, 5.41) is 10.8. The van der Waals surface area contributed by atoms with E-state index in [0.29, 0.717) is 19.8 Å². The van der Waals surface area contributed by atoms with E-state index in [1.54, 1.807) is 17.0 Å². The third kappa shape index (κ3) is 3.60. The summed E-state index contributed by atoms with van der Waals surface area (Å²) in [6.07, 6.45) is 0.725. The van der Waals surface area contributed by atoms with E-state index < -0.39 is 4.92 Å². The molecule has 0 N–H and O–H groups in total. The molecule has 1 fully saturated rings. The minimum absolute atomic E-state index is 0.0250. The smallest absolute Gasteiger partial charge is 0.269 e. The number of rotatable bonds is 5. The number of carbonyl (C=O) groups is 1. The van der Waals surface area contributed by atoms with E-state index >= 15 is 0 Å². The lowest BCUT2D eigenvalue weighted by atomic mass is 10.1. The Morgan fingerprint density at radius 2 is 1.88 bits per heavy atom. The van der Waals surface area contributed by atoms with Gasteiger partial charge in [-0.05, 0) is 24.1 Å². The fourth-order valence-corrected chi connectivity index (χ4v) is 2.76. The second kappa shape index (κ2) is 7.23. The molecule has 1 saturated heterocycles. The standard InChI is InChI=1S/C18H18N2O4/c21-18(15-10-11-24-13-15)19(16-4-2-1-3-5-16)12-14-6-8-17(9-7-14)20(22)23/h1-9,15H,10-13H2/t15-/m0/s1. The van der Waals surface area contributed by atoms with Gasteiger partial charge in [-0.3, -0.25) is 14.9 Å². The Kier molecular flexibility index (Phi) is 4.86. The molecule has 1 aliphatic rings. The maximum absolute atomic E-state index is 12.9. The highest BCUT2D eigenvalue weighted by Crippen LogP contribution is 2.24. The molecule has 6 nitrogen and oxygen atoms in total. The first-order valence-corrected chi connectivity index (χ1v) is 7.82. The van der Waals surface area contributed by atoms with Gasteiger partial charge in [0, 0.05) is 24.4 Å². The van der Waals surface area contributed by atoms with E-state index in [9.17, 15) is 14.9 Å². The van der Waals surface area contributed by atoms with Crippen molar-refractivity contribution in [3.63, 3.8) is 0 Å². The highest BCUT2D eigenvalue weighted by atomic mass is 16.6. The molecule has 0 spiro atoms. The number of carbonyl (C=O) groups excluding carboxylic acids is 1. The summed E-state index contributed by atoms with van der Waals surface area (Å²) in [6.45, 7) is 1.43. The minimum Gasteiger partial charge on any atom is -0.381 e. The van der Waals surface area contributed by atoms with Crippen LogP contribution < -0.4 is 4.90 Å². The lowest BCUT2D eigenvalue weighted by molar-refractivity contribution is -0.384. The number of anilines is 1. The Bertz CT molecular complexity index is 710. The number of hydrogen-bond acceptors (Lipinski definition) is 4. The van der Waals surface area contributed by atoms with Gasteiger partial charge in [0.25, 0.3) is 5.69 Å². The van der Waals surface area contributed by atoms with Crippen LogP contribution in [0, 0.1) is 16.0 Å². The molecule has 1 aliphatic heterocycles. The zero-order chi connectivity index (χ0) is 16.9. The highest BCUT2D eigenvalue weighted by molar-refractivity contribution is 5.95. The fraction of sp³-hybridized carbons (Fsp3) is 0.278. The monoisotopic (exact) mass is 326 g/mol. The van der Waals surface area contributed by atoms with Crippen molar-refractivity contribution in [3.05, 3.63) is 70.3 Å².